The number of hydrogen-bond donors (Lipinski definition) is 1. The van der Waals surface area contributed by atoms with Crippen molar-refractivity contribution in [3.05, 3.63) is 36.4 Å². The molecule has 8 heteroatoms. The number of carbonyl (C=O) groups excluding carboxylic acids is 2. The molecule has 3 amide bonds. The minimum absolute atomic E-state index is 0.0929. The lowest BCUT2D eigenvalue weighted by Crippen LogP contribution is -2.40. The molecule has 6 rings (SSSR count). The minimum atomic E-state index is -0.285. The number of fused-ring (bicyclic) bond motifs is 6. The predicted molar refractivity (Wildman–Crippen MR) is 96.8 cm³/mol. The van der Waals surface area contributed by atoms with Crippen molar-refractivity contribution >= 4 is 28.4 Å². The second-order valence-corrected chi connectivity index (χ2v) is 7.45. The summed E-state index contributed by atoms with van der Waals surface area (Å²) in [7, 11) is 0. The van der Waals surface area contributed by atoms with Crippen molar-refractivity contribution in [3.63, 3.8) is 0 Å². The van der Waals surface area contributed by atoms with E-state index in [9.17, 15) is 9.59 Å². The number of anilines is 1. The Morgan fingerprint density at radius 1 is 1.04 bits per heavy atom. The quantitative estimate of drug-likeness (QED) is 0.708. The molecule has 1 saturated carbocycles. The summed E-state index contributed by atoms with van der Waals surface area (Å²) >= 11 is 0. The van der Waals surface area contributed by atoms with Gasteiger partial charge in [-0.15, -0.1) is 10.2 Å². The van der Waals surface area contributed by atoms with E-state index in [1.54, 1.807) is 0 Å². The van der Waals surface area contributed by atoms with Crippen molar-refractivity contribution in [2.24, 2.45) is 5.92 Å². The van der Waals surface area contributed by atoms with Crippen LogP contribution in [0.2, 0.25) is 0 Å². The van der Waals surface area contributed by atoms with Crippen molar-refractivity contribution in [3.8, 4) is 11.4 Å². The molecule has 134 valence electrons. The van der Waals surface area contributed by atoms with E-state index in [4.69, 9.17) is 0 Å². The Hall–Kier alpha value is -3.29. The molecule has 1 aliphatic carbocycles. The van der Waals surface area contributed by atoms with E-state index < -0.39 is 0 Å². The predicted octanol–water partition coefficient (Wildman–Crippen LogP) is 2.34. The number of hydrogen-bond acceptors (Lipinski definition) is 5. The van der Waals surface area contributed by atoms with Crippen LogP contribution in [-0.4, -0.2) is 49.5 Å². The standard InChI is InChI=1S/C19H16N6O2/c26-18-16-10-5-6-11(9-10)24(16)19(27)25(18)15-8-7-14(17-20-22-23-21-17)12-3-1-2-4-13(12)15/h1-4,7-8,10-11,16H,5-6,9H2,(H,20,21,22,23)/t10-,11+,16+/m1/s1. The topological polar surface area (TPSA) is 95.1 Å². The maximum atomic E-state index is 13.2. The molecule has 3 fully saturated rings. The molecule has 8 nitrogen and oxygen atoms in total. The molecule has 1 N–H and O–H groups in total. The van der Waals surface area contributed by atoms with Crippen molar-refractivity contribution in [2.45, 2.75) is 31.3 Å². The van der Waals surface area contributed by atoms with Crippen LogP contribution in [-0.2, 0) is 4.79 Å². The monoisotopic (exact) mass is 360 g/mol. The average Bonchev–Trinajstić information content (AvgIpc) is 3.46. The number of tetrazole rings is 1. The Balaban J connectivity index is 1.52. The van der Waals surface area contributed by atoms with Crippen LogP contribution < -0.4 is 4.90 Å². The number of piperidine rings is 1. The van der Waals surface area contributed by atoms with Gasteiger partial charge in [0.15, 0.2) is 0 Å². The van der Waals surface area contributed by atoms with Crippen LogP contribution in [0.15, 0.2) is 36.4 Å². The summed E-state index contributed by atoms with van der Waals surface area (Å²) in [5, 5.41) is 15.9. The van der Waals surface area contributed by atoms with Gasteiger partial charge in [0.25, 0.3) is 5.91 Å². The maximum Gasteiger partial charge on any atom is 0.332 e. The molecule has 27 heavy (non-hydrogen) atoms. The zero-order chi connectivity index (χ0) is 18.1. The highest BCUT2D eigenvalue weighted by Crippen LogP contribution is 2.48. The van der Waals surface area contributed by atoms with Gasteiger partial charge in [-0.05, 0) is 47.9 Å². The normalized spacial score (nSPS) is 26.4. The number of amides is 3. The fourth-order valence-electron chi connectivity index (χ4n) is 5.09. The van der Waals surface area contributed by atoms with E-state index in [0.717, 1.165) is 35.6 Å². The zero-order valence-electron chi connectivity index (χ0n) is 14.4. The second-order valence-electron chi connectivity index (χ2n) is 7.45. The summed E-state index contributed by atoms with van der Waals surface area (Å²) in [5.41, 5.74) is 1.43. The van der Waals surface area contributed by atoms with Crippen LogP contribution in [0.25, 0.3) is 22.2 Å². The highest BCUT2D eigenvalue weighted by molar-refractivity contribution is 6.25. The number of carbonyl (C=O) groups is 2. The number of nitrogens with zero attached hydrogens (tertiary/aromatic N) is 5. The Morgan fingerprint density at radius 3 is 2.67 bits per heavy atom. The van der Waals surface area contributed by atoms with Gasteiger partial charge in [-0.3, -0.25) is 4.79 Å². The number of nitrogens with one attached hydrogen (secondary N) is 1. The summed E-state index contributed by atoms with van der Waals surface area (Å²) < 4.78 is 0. The number of H-pyrrole nitrogens is 1. The molecule has 3 atom stereocenters. The molecule has 0 unspecified atom stereocenters. The minimum Gasteiger partial charge on any atom is -0.309 e. The number of rotatable bonds is 2. The smallest absolute Gasteiger partial charge is 0.309 e. The SMILES string of the molecule is O=C1[C@@H]2[C@@H]3CC[C@@H](C3)N2C(=O)N1c1ccc(-c2nn[nH]n2)c2ccccc12. The average molecular weight is 360 g/mol. The van der Waals surface area contributed by atoms with Gasteiger partial charge in [-0.1, -0.05) is 24.3 Å². The molecular weight excluding hydrogens is 344 g/mol. The summed E-state index contributed by atoms with van der Waals surface area (Å²) in [5.74, 6) is 0.696. The fraction of sp³-hybridized carbons (Fsp3) is 0.316. The highest BCUT2D eigenvalue weighted by atomic mass is 16.2. The first-order valence-corrected chi connectivity index (χ1v) is 9.16. The van der Waals surface area contributed by atoms with E-state index in [1.807, 2.05) is 41.3 Å². The van der Waals surface area contributed by atoms with Crippen LogP contribution >= 0.6 is 0 Å². The summed E-state index contributed by atoms with van der Waals surface area (Å²) in [6.45, 7) is 0. The fourth-order valence-corrected chi connectivity index (χ4v) is 5.09. The molecule has 2 aromatic carbocycles. The van der Waals surface area contributed by atoms with Gasteiger partial charge in [0.1, 0.15) is 6.04 Å². The second kappa shape index (κ2) is 5.12. The van der Waals surface area contributed by atoms with E-state index in [-0.39, 0.29) is 24.0 Å². The lowest BCUT2D eigenvalue weighted by Gasteiger charge is -2.25. The van der Waals surface area contributed by atoms with Crippen LogP contribution in [0.5, 0.6) is 0 Å². The Labute approximate surface area is 154 Å². The third-order valence-electron chi connectivity index (χ3n) is 6.20. The molecule has 2 aliphatic heterocycles. The van der Waals surface area contributed by atoms with Crippen LogP contribution in [0.4, 0.5) is 10.5 Å². The first kappa shape index (κ1) is 14.8. The number of aromatic amines is 1. The van der Waals surface area contributed by atoms with Crippen molar-refractivity contribution in [1.29, 1.82) is 0 Å². The van der Waals surface area contributed by atoms with E-state index >= 15 is 0 Å². The summed E-state index contributed by atoms with van der Waals surface area (Å²) in [4.78, 5) is 29.5. The first-order valence-electron chi connectivity index (χ1n) is 9.16. The molecule has 3 aliphatic rings. The van der Waals surface area contributed by atoms with E-state index in [0.29, 0.717) is 17.4 Å². The van der Waals surface area contributed by atoms with Gasteiger partial charge in [0.05, 0.1) is 5.69 Å². The molecule has 3 aromatic rings. The van der Waals surface area contributed by atoms with Gasteiger partial charge in [0.2, 0.25) is 5.82 Å². The van der Waals surface area contributed by atoms with Crippen molar-refractivity contribution < 1.29 is 9.59 Å². The highest BCUT2D eigenvalue weighted by Gasteiger charge is 2.59. The molecule has 2 bridgehead atoms. The third kappa shape index (κ3) is 1.84. The molecule has 0 spiro atoms. The number of imide groups is 1. The molecular formula is C19H16N6O2. The zero-order valence-corrected chi connectivity index (χ0v) is 14.4. The van der Waals surface area contributed by atoms with Gasteiger partial charge in [-0.2, -0.15) is 5.21 Å². The lowest BCUT2D eigenvalue weighted by atomic mass is 9.98. The lowest BCUT2D eigenvalue weighted by molar-refractivity contribution is -0.120. The van der Waals surface area contributed by atoms with Crippen molar-refractivity contribution in [1.82, 2.24) is 25.5 Å². The Bertz CT molecular complexity index is 1070. The van der Waals surface area contributed by atoms with Gasteiger partial charge in [-0.25, -0.2) is 9.69 Å². The molecule has 0 radical (unpaired) electrons. The largest absolute Gasteiger partial charge is 0.332 e. The Kier molecular flexibility index (Phi) is 2.81. The first-order chi connectivity index (χ1) is 13.2. The number of benzene rings is 2. The van der Waals surface area contributed by atoms with Crippen molar-refractivity contribution in [2.75, 3.05) is 4.90 Å². The summed E-state index contributed by atoms with van der Waals surface area (Å²) in [6.07, 6.45) is 3.01. The van der Waals surface area contributed by atoms with Gasteiger partial charge < -0.3 is 4.90 Å². The van der Waals surface area contributed by atoms with Crippen LogP contribution in [0, 0.1) is 5.92 Å². The summed E-state index contributed by atoms with van der Waals surface area (Å²) in [6, 6.07) is 11.1. The van der Waals surface area contributed by atoms with Gasteiger partial charge >= 0.3 is 6.03 Å². The van der Waals surface area contributed by atoms with Crippen LogP contribution in [0.3, 0.4) is 0 Å². The van der Waals surface area contributed by atoms with Gasteiger partial charge in [0, 0.05) is 17.0 Å². The Morgan fingerprint density at radius 2 is 1.89 bits per heavy atom. The molecule has 1 aromatic heterocycles. The molecule has 2 saturated heterocycles. The van der Waals surface area contributed by atoms with Crippen LogP contribution in [0.1, 0.15) is 19.3 Å². The van der Waals surface area contributed by atoms with E-state index in [1.165, 1.54) is 4.90 Å². The number of aromatic nitrogens is 4. The van der Waals surface area contributed by atoms with E-state index in [2.05, 4.69) is 20.6 Å². The molecule has 3 heterocycles. The number of urea groups is 1. The maximum absolute atomic E-state index is 13.2. The third-order valence-corrected chi connectivity index (χ3v) is 6.20.